The van der Waals surface area contributed by atoms with Gasteiger partial charge in [0.05, 0.1) is 12.7 Å². The number of aliphatic hydroxyl groups excluding tert-OH is 1. The smallest absolute Gasteiger partial charge is 0.0900 e. The number of hydrogen-bond donors (Lipinski definition) is 1. The maximum Gasteiger partial charge on any atom is 0.0900 e. The number of unbranched alkanes of at least 4 members (excludes halogenated alkanes) is 9. The van der Waals surface area contributed by atoms with Gasteiger partial charge in [0.1, 0.15) is 0 Å². The number of rotatable bonds is 21. The van der Waals surface area contributed by atoms with Crippen molar-refractivity contribution in [1.82, 2.24) is 19.6 Å². The van der Waals surface area contributed by atoms with Crippen molar-refractivity contribution in [1.29, 1.82) is 0 Å². The van der Waals surface area contributed by atoms with E-state index in [0.717, 1.165) is 71.9 Å². The fourth-order valence-electron chi connectivity index (χ4n) is 4.25. The summed E-state index contributed by atoms with van der Waals surface area (Å²) in [5, 5.41) is 10.3. The number of piperazine rings is 1. The van der Waals surface area contributed by atoms with Crippen LogP contribution >= 0.6 is 0 Å². The van der Waals surface area contributed by atoms with Crippen molar-refractivity contribution >= 4 is 0 Å². The van der Waals surface area contributed by atoms with E-state index < -0.39 is 0 Å². The van der Waals surface area contributed by atoms with Gasteiger partial charge in [-0.25, -0.2) is 0 Å². The quantitative estimate of drug-likeness (QED) is 0.267. The summed E-state index contributed by atoms with van der Waals surface area (Å²) in [4.78, 5) is 9.60. The molecule has 1 heterocycles. The molecule has 1 unspecified atom stereocenters. The molecule has 0 radical (unpaired) electrons. The monoisotopic (exact) mass is 456 g/mol. The molecule has 6 heteroatoms. The summed E-state index contributed by atoms with van der Waals surface area (Å²) in [6, 6.07) is 0. The topological polar surface area (TPSA) is 42.4 Å². The molecule has 0 aromatic heterocycles. The lowest BCUT2D eigenvalue weighted by Crippen LogP contribution is -2.50. The second-order valence-electron chi connectivity index (χ2n) is 10.2. The van der Waals surface area contributed by atoms with Crippen molar-refractivity contribution in [2.75, 3.05) is 93.3 Å². The molecule has 1 rings (SSSR count). The number of ether oxygens (including phenoxy) is 1. The molecule has 0 saturated carbocycles. The SMILES string of the molecule is CCCCCCCCCCCCOCC(O)CN1CCN(CCN(C)CCN(C)C)CC1. The van der Waals surface area contributed by atoms with Gasteiger partial charge in [-0.2, -0.15) is 0 Å². The Bertz CT molecular complexity index is 403. The van der Waals surface area contributed by atoms with E-state index in [1.807, 2.05) is 0 Å². The van der Waals surface area contributed by atoms with Crippen molar-refractivity contribution in [2.45, 2.75) is 77.2 Å². The van der Waals surface area contributed by atoms with Crippen molar-refractivity contribution in [3.8, 4) is 0 Å². The van der Waals surface area contributed by atoms with Gasteiger partial charge in [-0.15, -0.1) is 0 Å². The highest BCUT2D eigenvalue weighted by Gasteiger charge is 2.19. The maximum atomic E-state index is 10.3. The minimum Gasteiger partial charge on any atom is -0.389 e. The lowest BCUT2D eigenvalue weighted by atomic mass is 10.1. The van der Waals surface area contributed by atoms with E-state index in [1.165, 1.54) is 57.8 Å². The van der Waals surface area contributed by atoms with Crippen LogP contribution in [0.15, 0.2) is 0 Å². The Morgan fingerprint density at radius 2 is 1.31 bits per heavy atom. The summed E-state index contributed by atoms with van der Waals surface area (Å²) in [5.74, 6) is 0. The van der Waals surface area contributed by atoms with E-state index in [2.05, 4.69) is 47.7 Å². The van der Waals surface area contributed by atoms with Crippen LogP contribution in [0.3, 0.4) is 0 Å². The van der Waals surface area contributed by atoms with Gasteiger partial charge in [-0.05, 0) is 27.6 Å². The lowest BCUT2D eigenvalue weighted by Gasteiger charge is -2.36. The number of aliphatic hydroxyl groups is 1. The Hall–Kier alpha value is -0.240. The van der Waals surface area contributed by atoms with Crippen LogP contribution in [0.25, 0.3) is 0 Å². The molecule has 0 bridgehead atoms. The minimum atomic E-state index is -0.359. The van der Waals surface area contributed by atoms with E-state index in [-0.39, 0.29) is 6.10 Å². The molecule has 0 aromatic rings. The molecule has 1 aliphatic rings. The average Bonchev–Trinajstić information content (AvgIpc) is 2.78. The van der Waals surface area contributed by atoms with E-state index in [1.54, 1.807) is 0 Å². The van der Waals surface area contributed by atoms with Gasteiger partial charge in [-0.1, -0.05) is 64.7 Å². The number of nitrogens with zero attached hydrogens (tertiary/aromatic N) is 4. The van der Waals surface area contributed by atoms with Crippen LogP contribution in [0.2, 0.25) is 0 Å². The Morgan fingerprint density at radius 1 is 0.750 bits per heavy atom. The van der Waals surface area contributed by atoms with Crippen molar-refractivity contribution in [2.24, 2.45) is 0 Å². The van der Waals surface area contributed by atoms with Gasteiger partial charge in [-0.3, -0.25) is 9.80 Å². The summed E-state index contributed by atoms with van der Waals surface area (Å²) in [5.41, 5.74) is 0. The fraction of sp³-hybridized carbons (Fsp3) is 1.00. The molecule has 192 valence electrons. The third kappa shape index (κ3) is 17.3. The molecule has 1 N–H and O–H groups in total. The summed E-state index contributed by atoms with van der Waals surface area (Å²) in [6.07, 6.45) is 13.1. The molecule has 0 spiro atoms. The van der Waals surface area contributed by atoms with Gasteiger partial charge >= 0.3 is 0 Å². The first-order valence-electron chi connectivity index (χ1n) is 13.5. The van der Waals surface area contributed by atoms with Crippen LogP contribution < -0.4 is 0 Å². The second kappa shape index (κ2) is 20.2. The van der Waals surface area contributed by atoms with Gasteiger partial charge < -0.3 is 19.6 Å². The van der Waals surface area contributed by atoms with Gasteiger partial charge in [0.2, 0.25) is 0 Å². The Balaban J connectivity index is 1.91. The van der Waals surface area contributed by atoms with Crippen molar-refractivity contribution < 1.29 is 9.84 Å². The van der Waals surface area contributed by atoms with E-state index in [4.69, 9.17) is 4.74 Å². The largest absolute Gasteiger partial charge is 0.389 e. The van der Waals surface area contributed by atoms with E-state index >= 15 is 0 Å². The van der Waals surface area contributed by atoms with Crippen LogP contribution in [0.1, 0.15) is 71.1 Å². The zero-order chi connectivity index (χ0) is 23.4. The zero-order valence-electron chi connectivity index (χ0n) is 22.1. The molecule has 6 nitrogen and oxygen atoms in total. The molecular formula is C26H56N4O2. The number of likely N-dealkylation sites (N-methyl/N-ethyl adjacent to an activating group) is 2. The number of β-amino-alcohol motifs (C(OH)–C–C–N with tert-alkyl or cyclic N) is 1. The third-order valence-corrected chi connectivity index (χ3v) is 6.61. The summed E-state index contributed by atoms with van der Waals surface area (Å²) >= 11 is 0. The standard InChI is InChI=1S/C26H56N4O2/c1-5-6-7-8-9-10-11-12-13-14-23-32-25-26(31)24-30-21-19-29(20-22-30)18-17-28(4)16-15-27(2)3/h26,31H,5-25H2,1-4H3. The van der Waals surface area contributed by atoms with Crippen LogP contribution in [0.4, 0.5) is 0 Å². The van der Waals surface area contributed by atoms with E-state index in [0.29, 0.717) is 6.61 Å². The highest BCUT2D eigenvalue weighted by Crippen LogP contribution is 2.10. The Kier molecular flexibility index (Phi) is 18.8. The van der Waals surface area contributed by atoms with E-state index in [9.17, 15) is 5.11 Å². The predicted molar refractivity (Wildman–Crippen MR) is 138 cm³/mol. The second-order valence-corrected chi connectivity index (χ2v) is 10.2. The highest BCUT2D eigenvalue weighted by molar-refractivity contribution is 4.75. The summed E-state index contributed by atoms with van der Waals surface area (Å²) < 4.78 is 5.74. The predicted octanol–water partition coefficient (Wildman–Crippen LogP) is 3.40. The minimum absolute atomic E-state index is 0.359. The molecule has 0 aliphatic carbocycles. The molecule has 1 aliphatic heterocycles. The highest BCUT2D eigenvalue weighted by atomic mass is 16.5. The van der Waals surface area contributed by atoms with Crippen LogP contribution in [0.5, 0.6) is 0 Å². The first kappa shape index (κ1) is 29.8. The van der Waals surface area contributed by atoms with Gasteiger partial charge in [0, 0.05) is 65.5 Å². The fourth-order valence-corrected chi connectivity index (χ4v) is 4.25. The molecule has 1 saturated heterocycles. The molecule has 0 aromatic carbocycles. The molecular weight excluding hydrogens is 400 g/mol. The van der Waals surface area contributed by atoms with Crippen molar-refractivity contribution in [3.63, 3.8) is 0 Å². The van der Waals surface area contributed by atoms with Crippen LogP contribution in [-0.2, 0) is 4.74 Å². The third-order valence-electron chi connectivity index (χ3n) is 6.61. The van der Waals surface area contributed by atoms with Gasteiger partial charge in [0.25, 0.3) is 0 Å². The van der Waals surface area contributed by atoms with Crippen molar-refractivity contribution in [3.05, 3.63) is 0 Å². The van der Waals surface area contributed by atoms with Gasteiger partial charge in [0.15, 0.2) is 0 Å². The molecule has 0 amide bonds. The zero-order valence-corrected chi connectivity index (χ0v) is 22.1. The summed E-state index contributed by atoms with van der Waals surface area (Å²) in [6.45, 7) is 13.1. The van der Waals surface area contributed by atoms with Crippen LogP contribution in [0, 0.1) is 0 Å². The Morgan fingerprint density at radius 3 is 1.91 bits per heavy atom. The van der Waals surface area contributed by atoms with Crippen LogP contribution in [-0.4, -0.2) is 124 Å². The first-order chi connectivity index (χ1) is 15.5. The normalized spacial score (nSPS) is 17.0. The average molecular weight is 457 g/mol. The molecule has 1 atom stereocenters. The number of hydrogen-bond acceptors (Lipinski definition) is 6. The summed E-state index contributed by atoms with van der Waals surface area (Å²) in [7, 11) is 6.47. The molecule has 1 fully saturated rings. The Labute approximate surface area is 200 Å². The molecule has 32 heavy (non-hydrogen) atoms. The lowest BCUT2D eigenvalue weighted by molar-refractivity contribution is 0.00574. The first-order valence-corrected chi connectivity index (χ1v) is 13.5. The maximum absolute atomic E-state index is 10.3.